The molecule has 2 rings (SSSR count). The molecule has 1 atom stereocenters. The molecule has 0 fully saturated rings. The van der Waals surface area contributed by atoms with Crippen molar-refractivity contribution in [1.82, 2.24) is 9.62 Å². The number of benzene rings is 2. The Morgan fingerprint density at radius 1 is 1.05 bits per heavy atom. The number of hydrogen-bond acceptors (Lipinski definition) is 6. The van der Waals surface area contributed by atoms with E-state index in [1.807, 2.05) is 20.8 Å². The van der Waals surface area contributed by atoms with Gasteiger partial charge in [0.25, 0.3) is 0 Å². The highest BCUT2D eigenvalue weighted by Gasteiger charge is 2.35. The molecule has 38 heavy (non-hydrogen) atoms. The average Bonchev–Trinajstić information content (AvgIpc) is 2.87. The van der Waals surface area contributed by atoms with E-state index in [9.17, 15) is 23.1 Å². The number of carboxylic acid groups (broad SMARTS) is 1. The summed E-state index contributed by atoms with van der Waals surface area (Å²) in [5.74, 6) is -0.496. The molecule has 0 saturated carbocycles. The molecule has 10 heteroatoms. The van der Waals surface area contributed by atoms with Gasteiger partial charge in [-0.25, -0.2) is 8.42 Å². The zero-order chi connectivity index (χ0) is 28.3. The van der Waals surface area contributed by atoms with Crippen molar-refractivity contribution >= 4 is 28.0 Å². The van der Waals surface area contributed by atoms with Gasteiger partial charge in [-0.3, -0.25) is 9.59 Å². The Bertz CT molecular complexity index is 1210. The first kappa shape index (κ1) is 30.9. The van der Waals surface area contributed by atoms with Gasteiger partial charge in [0.2, 0.25) is 15.9 Å². The first-order chi connectivity index (χ1) is 18.0. The van der Waals surface area contributed by atoms with Gasteiger partial charge in [-0.15, -0.1) is 0 Å². The van der Waals surface area contributed by atoms with E-state index in [1.165, 1.54) is 32.4 Å². The molecule has 0 heterocycles. The number of unbranched alkanes of at least 4 members (excludes halogenated alkanes) is 1. The van der Waals surface area contributed by atoms with Crippen molar-refractivity contribution < 1.29 is 32.6 Å². The molecular formula is C28H38N2O7S. The van der Waals surface area contributed by atoms with Crippen LogP contribution in [0.5, 0.6) is 11.5 Å². The Morgan fingerprint density at radius 2 is 1.74 bits per heavy atom. The first-order valence-corrected chi connectivity index (χ1v) is 13.9. The van der Waals surface area contributed by atoms with Gasteiger partial charge in [0, 0.05) is 24.7 Å². The summed E-state index contributed by atoms with van der Waals surface area (Å²) in [6.07, 6.45) is 4.04. The zero-order valence-corrected chi connectivity index (χ0v) is 23.5. The number of nitrogens with zero attached hydrogens (tertiary/aromatic N) is 1. The van der Waals surface area contributed by atoms with E-state index in [0.717, 1.165) is 9.87 Å². The van der Waals surface area contributed by atoms with E-state index in [4.69, 9.17) is 9.47 Å². The van der Waals surface area contributed by atoms with Crippen LogP contribution in [0.25, 0.3) is 6.08 Å². The van der Waals surface area contributed by atoms with Crippen molar-refractivity contribution in [2.45, 2.75) is 51.0 Å². The number of nitrogens with one attached hydrogen (secondary N) is 1. The molecule has 1 amide bonds. The summed E-state index contributed by atoms with van der Waals surface area (Å²) < 4.78 is 38.4. The fraction of sp³-hybridized carbons (Fsp3) is 0.429. The number of aryl methyl sites for hydroxylation is 1. The maximum atomic E-state index is 13.4. The molecular weight excluding hydrogens is 508 g/mol. The Morgan fingerprint density at radius 3 is 2.32 bits per heavy atom. The quantitative estimate of drug-likeness (QED) is 0.255. The molecule has 208 valence electrons. The maximum Gasteiger partial charge on any atom is 0.322 e. The third-order valence-electron chi connectivity index (χ3n) is 5.86. The Hall–Kier alpha value is -3.37. The molecule has 2 aromatic carbocycles. The summed E-state index contributed by atoms with van der Waals surface area (Å²) in [4.78, 5) is 24.5. The molecule has 0 spiro atoms. The number of carbonyl (C=O) groups excluding carboxylic acids is 1. The highest BCUT2D eigenvalue weighted by Crippen LogP contribution is 2.31. The highest BCUT2D eigenvalue weighted by molar-refractivity contribution is 7.89. The minimum Gasteiger partial charge on any atom is -0.493 e. The fourth-order valence-corrected chi connectivity index (χ4v) is 5.71. The lowest BCUT2D eigenvalue weighted by Gasteiger charge is -2.29. The van der Waals surface area contributed by atoms with Crippen molar-refractivity contribution in [1.29, 1.82) is 0 Å². The number of hydrogen-bond donors (Lipinski definition) is 2. The van der Waals surface area contributed by atoms with Gasteiger partial charge in [-0.05, 0) is 56.4 Å². The number of amides is 1. The van der Waals surface area contributed by atoms with Crippen LogP contribution in [0, 0.1) is 12.8 Å². The van der Waals surface area contributed by atoms with Crippen LogP contribution < -0.4 is 14.8 Å². The Kier molecular flexibility index (Phi) is 11.8. The van der Waals surface area contributed by atoms with Crippen molar-refractivity contribution in [3.8, 4) is 11.5 Å². The van der Waals surface area contributed by atoms with Crippen molar-refractivity contribution in [3.63, 3.8) is 0 Å². The smallest absolute Gasteiger partial charge is 0.322 e. The number of ether oxygens (including phenoxy) is 2. The van der Waals surface area contributed by atoms with Crippen LogP contribution in [-0.2, 0) is 19.6 Å². The maximum absolute atomic E-state index is 13.4. The van der Waals surface area contributed by atoms with Gasteiger partial charge < -0.3 is 19.9 Å². The number of methoxy groups -OCH3 is 2. The second-order valence-corrected chi connectivity index (χ2v) is 11.2. The van der Waals surface area contributed by atoms with Crippen molar-refractivity contribution in [2.75, 3.05) is 27.3 Å². The van der Waals surface area contributed by atoms with Gasteiger partial charge in [0.05, 0.1) is 19.1 Å². The van der Waals surface area contributed by atoms with E-state index in [1.54, 1.807) is 36.4 Å². The molecule has 0 aliphatic rings. The first-order valence-electron chi connectivity index (χ1n) is 12.5. The lowest BCUT2D eigenvalue weighted by atomic mass is 10.1. The van der Waals surface area contributed by atoms with Gasteiger partial charge in [0.15, 0.2) is 11.5 Å². The van der Waals surface area contributed by atoms with E-state index in [0.29, 0.717) is 36.4 Å². The molecule has 0 aliphatic carbocycles. The largest absolute Gasteiger partial charge is 0.493 e. The van der Waals surface area contributed by atoms with Crippen LogP contribution >= 0.6 is 0 Å². The normalized spacial score (nSPS) is 12.6. The molecule has 0 saturated heterocycles. The summed E-state index contributed by atoms with van der Waals surface area (Å²) in [7, 11) is -0.947. The third kappa shape index (κ3) is 8.59. The van der Waals surface area contributed by atoms with Crippen LogP contribution in [0.1, 0.15) is 44.2 Å². The van der Waals surface area contributed by atoms with E-state index in [-0.39, 0.29) is 29.7 Å². The predicted molar refractivity (Wildman–Crippen MR) is 147 cm³/mol. The van der Waals surface area contributed by atoms with Gasteiger partial charge in [0.1, 0.15) is 6.04 Å². The van der Waals surface area contributed by atoms with E-state index in [2.05, 4.69) is 5.32 Å². The number of carboxylic acids is 1. The lowest BCUT2D eigenvalue weighted by Crippen LogP contribution is -2.46. The summed E-state index contributed by atoms with van der Waals surface area (Å²) in [5.41, 5.74) is 1.60. The van der Waals surface area contributed by atoms with Crippen LogP contribution in [-0.4, -0.2) is 63.1 Å². The van der Waals surface area contributed by atoms with Gasteiger partial charge in [-0.2, -0.15) is 4.31 Å². The predicted octanol–water partition coefficient (Wildman–Crippen LogP) is 4.11. The highest BCUT2D eigenvalue weighted by atomic mass is 32.2. The Balaban J connectivity index is 1.99. The summed E-state index contributed by atoms with van der Waals surface area (Å²) in [6.45, 7) is 5.95. The van der Waals surface area contributed by atoms with Crippen molar-refractivity contribution in [3.05, 3.63) is 59.7 Å². The second kappa shape index (κ2) is 14.5. The van der Waals surface area contributed by atoms with Crippen LogP contribution in [0.3, 0.4) is 0 Å². The fourth-order valence-electron chi connectivity index (χ4n) is 3.93. The van der Waals surface area contributed by atoms with Gasteiger partial charge in [-0.1, -0.05) is 43.7 Å². The monoisotopic (exact) mass is 546 g/mol. The van der Waals surface area contributed by atoms with E-state index >= 15 is 0 Å². The lowest BCUT2D eigenvalue weighted by molar-refractivity contribution is -0.141. The SMILES string of the molecule is COc1cccc(C=CC(=O)NCCCC[C@@H](C(=O)O)N(CC(C)C)S(=O)(=O)c2ccc(C)cc2)c1OC. The number of para-hydroxylation sites is 1. The number of rotatable bonds is 15. The van der Waals surface area contributed by atoms with Crippen molar-refractivity contribution in [2.24, 2.45) is 5.92 Å². The molecule has 9 nitrogen and oxygen atoms in total. The molecule has 0 aromatic heterocycles. The number of sulfonamides is 1. The second-order valence-electron chi connectivity index (χ2n) is 9.34. The molecule has 0 unspecified atom stereocenters. The summed E-state index contributed by atoms with van der Waals surface area (Å²) in [6, 6.07) is 10.5. The molecule has 0 aliphatic heterocycles. The third-order valence-corrected chi connectivity index (χ3v) is 7.75. The minimum atomic E-state index is -4.00. The van der Waals surface area contributed by atoms with Crippen LogP contribution in [0.2, 0.25) is 0 Å². The molecule has 2 aromatic rings. The van der Waals surface area contributed by atoms with Gasteiger partial charge >= 0.3 is 5.97 Å². The number of aliphatic carboxylic acids is 1. The minimum absolute atomic E-state index is 0.0636. The van der Waals surface area contributed by atoms with E-state index < -0.39 is 22.0 Å². The van der Waals surface area contributed by atoms with Crippen LogP contribution in [0.15, 0.2) is 53.4 Å². The number of carbonyl (C=O) groups is 2. The molecule has 0 bridgehead atoms. The topological polar surface area (TPSA) is 122 Å². The zero-order valence-electron chi connectivity index (χ0n) is 22.6. The molecule has 2 N–H and O–H groups in total. The average molecular weight is 547 g/mol. The van der Waals surface area contributed by atoms with Crippen LogP contribution in [0.4, 0.5) is 0 Å². The summed E-state index contributed by atoms with van der Waals surface area (Å²) >= 11 is 0. The molecule has 0 radical (unpaired) electrons. The summed E-state index contributed by atoms with van der Waals surface area (Å²) in [5, 5.41) is 12.7. The Labute approximate surface area is 225 Å². The standard InChI is InChI=1S/C28H38N2O7S/c1-20(2)19-30(38(34,35)23-15-12-21(3)13-16-23)24(28(32)33)10-6-7-18-29-26(31)17-14-22-9-8-11-25(36-4)27(22)37-5/h8-9,11-17,20,24H,6-7,10,18-19H2,1-5H3,(H,29,31)(H,32,33)/t24-/m0/s1.